The number of hydrogen-bond donors (Lipinski definition) is 1. The number of carboxylic acid groups (broad SMARTS) is 1. The van der Waals surface area contributed by atoms with Gasteiger partial charge in [-0.25, -0.2) is 8.42 Å². The van der Waals surface area contributed by atoms with E-state index in [1.54, 1.807) is 0 Å². The fourth-order valence-corrected chi connectivity index (χ4v) is 4.27. The Labute approximate surface area is 149 Å². The molecule has 144 valence electrons. The minimum absolute atomic E-state index is 0.188. The summed E-state index contributed by atoms with van der Waals surface area (Å²) in [6.45, 7) is 2.21. The van der Waals surface area contributed by atoms with E-state index < -0.39 is 15.8 Å². The van der Waals surface area contributed by atoms with E-state index in [-0.39, 0.29) is 11.7 Å². The molecule has 0 rings (SSSR count). The van der Waals surface area contributed by atoms with E-state index in [9.17, 15) is 13.2 Å². The van der Waals surface area contributed by atoms with Crippen LogP contribution in [0.15, 0.2) is 0 Å². The molecule has 0 aromatic carbocycles. The van der Waals surface area contributed by atoms with Crippen LogP contribution in [-0.2, 0) is 14.6 Å². The molecule has 0 aliphatic rings. The van der Waals surface area contributed by atoms with Crippen LogP contribution in [-0.4, -0.2) is 31.0 Å². The zero-order chi connectivity index (χ0) is 18.3. The Bertz CT molecular complexity index is 404. The number of hydrogen-bond acceptors (Lipinski definition) is 3. The van der Waals surface area contributed by atoms with Crippen molar-refractivity contribution in [2.75, 3.05) is 6.26 Å². The van der Waals surface area contributed by atoms with Gasteiger partial charge in [0.2, 0.25) is 0 Å². The van der Waals surface area contributed by atoms with Crippen LogP contribution in [0.5, 0.6) is 0 Å². The van der Waals surface area contributed by atoms with Gasteiger partial charge in [0.15, 0.2) is 0 Å². The Kier molecular flexibility index (Phi) is 14.4. The molecule has 5 heteroatoms. The van der Waals surface area contributed by atoms with Crippen LogP contribution in [0.2, 0.25) is 0 Å². The smallest absolute Gasteiger partial charge is 0.303 e. The zero-order valence-electron chi connectivity index (χ0n) is 15.8. The van der Waals surface area contributed by atoms with Crippen LogP contribution in [0.25, 0.3) is 0 Å². The minimum Gasteiger partial charge on any atom is -0.481 e. The van der Waals surface area contributed by atoms with Crippen molar-refractivity contribution in [1.82, 2.24) is 0 Å². The summed E-state index contributed by atoms with van der Waals surface area (Å²) < 4.78 is 23.8. The molecule has 1 atom stereocenters. The standard InChI is InChI=1S/C19H38O4S/c1-3-4-5-6-7-9-12-15-18(24(2,22)23)16-13-10-8-11-14-17-19(20)21/h18H,3-17H2,1-2H3,(H,20,21). The average Bonchev–Trinajstić information content (AvgIpc) is 2.49. The summed E-state index contributed by atoms with van der Waals surface area (Å²) in [6, 6.07) is 0. The van der Waals surface area contributed by atoms with E-state index in [1.165, 1.54) is 38.4 Å². The maximum absolute atomic E-state index is 11.9. The summed E-state index contributed by atoms with van der Waals surface area (Å²) in [5, 5.41) is 8.39. The number of aliphatic carboxylic acids is 1. The number of rotatable bonds is 17. The van der Waals surface area contributed by atoms with Gasteiger partial charge in [-0.3, -0.25) is 4.79 Å². The first-order valence-corrected chi connectivity index (χ1v) is 11.7. The molecule has 0 radical (unpaired) electrons. The Morgan fingerprint density at radius 1 is 0.792 bits per heavy atom. The fraction of sp³-hybridized carbons (Fsp3) is 0.947. The lowest BCUT2D eigenvalue weighted by molar-refractivity contribution is -0.137. The molecule has 1 unspecified atom stereocenters. The highest BCUT2D eigenvalue weighted by molar-refractivity contribution is 7.91. The van der Waals surface area contributed by atoms with Crippen LogP contribution < -0.4 is 0 Å². The lowest BCUT2D eigenvalue weighted by Crippen LogP contribution is -2.19. The molecule has 0 heterocycles. The van der Waals surface area contributed by atoms with E-state index in [1.807, 2.05) is 0 Å². The topological polar surface area (TPSA) is 71.4 Å². The van der Waals surface area contributed by atoms with Crippen LogP contribution >= 0.6 is 0 Å². The van der Waals surface area contributed by atoms with Gasteiger partial charge in [-0.15, -0.1) is 0 Å². The zero-order valence-corrected chi connectivity index (χ0v) is 16.6. The Morgan fingerprint density at radius 3 is 1.62 bits per heavy atom. The van der Waals surface area contributed by atoms with Crippen molar-refractivity contribution in [2.24, 2.45) is 0 Å². The van der Waals surface area contributed by atoms with Gasteiger partial charge in [0.25, 0.3) is 0 Å². The summed E-state index contributed by atoms with van der Waals surface area (Å²) in [7, 11) is -2.95. The lowest BCUT2D eigenvalue weighted by Gasteiger charge is -2.15. The third kappa shape index (κ3) is 15.0. The van der Waals surface area contributed by atoms with Crippen molar-refractivity contribution in [3.05, 3.63) is 0 Å². The van der Waals surface area contributed by atoms with Gasteiger partial charge in [-0.1, -0.05) is 77.6 Å². The summed E-state index contributed by atoms with van der Waals surface area (Å²) >= 11 is 0. The van der Waals surface area contributed by atoms with Gasteiger partial charge in [0, 0.05) is 12.7 Å². The van der Waals surface area contributed by atoms with Gasteiger partial charge < -0.3 is 5.11 Å². The molecule has 0 aromatic rings. The molecule has 0 spiro atoms. The number of sulfone groups is 1. The van der Waals surface area contributed by atoms with Crippen LogP contribution in [0.4, 0.5) is 0 Å². The summed E-state index contributed by atoms with van der Waals surface area (Å²) in [6.07, 6.45) is 16.3. The highest BCUT2D eigenvalue weighted by atomic mass is 32.2. The van der Waals surface area contributed by atoms with Gasteiger partial charge >= 0.3 is 5.97 Å². The first kappa shape index (κ1) is 23.4. The van der Waals surface area contributed by atoms with Crippen molar-refractivity contribution < 1.29 is 18.3 Å². The molecule has 0 aliphatic carbocycles. The molecule has 0 amide bonds. The average molecular weight is 363 g/mol. The Balaban J connectivity index is 3.77. The first-order chi connectivity index (χ1) is 11.4. The maximum Gasteiger partial charge on any atom is 0.303 e. The highest BCUT2D eigenvalue weighted by Gasteiger charge is 2.19. The molecule has 0 saturated heterocycles. The summed E-state index contributed by atoms with van der Waals surface area (Å²) in [5.41, 5.74) is 0. The number of unbranched alkanes of at least 4 members (excludes halogenated alkanes) is 10. The van der Waals surface area contributed by atoms with E-state index in [2.05, 4.69) is 6.92 Å². The van der Waals surface area contributed by atoms with Crippen molar-refractivity contribution in [2.45, 2.75) is 108 Å². The molecule has 0 aromatic heterocycles. The number of carboxylic acids is 1. The molecule has 24 heavy (non-hydrogen) atoms. The first-order valence-electron chi connectivity index (χ1n) is 9.78. The molecule has 0 fully saturated rings. The molecule has 0 aliphatic heterocycles. The van der Waals surface area contributed by atoms with Crippen LogP contribution in [0.3, 0.4) is 0 Å². The van der Waals surface area contributed by atoms with E-state index in [4.69, 9.17) is 5.11 Å². The van der Waals surface area contributed by atoms with E-state index >= 15 is 0 Å². The van der Waals surface area contributed by atoms with E-state index in [0.29, 0.717) is 0 Å². The predicted molar refractivity (Wildman–Crippen MR) is 101 cm³/mol. The largest absolute Gasteiger partial charge is 0.481 e. The van der Waals surface area contributed by atoms with Crippen molar-refractivity contribution in [3.63, 3.8) is 0 Å². The predicted octanol–water partition coefficient (Wildman–Crippen LogP) is 5.36. The Hall–Kier alpha value is -0.580. The molecule has 0 bridgehead atoms. The van der Waals surface area contributed by atoms with Gasteiger partial charge in [0.05, 0.1) is 5.25 Å². The quantitative estimate of drug-likeness (QED) is 0.354. The fourth-order valence-electron chi connectivity index (χ4n) is 3.08. The lowest BCUT2D eigenvalue weighted by atomic mass is 10.0. The second kappa shape index (κ2) is 14.7. The maximum atomic E-state index is 11.9. The van der Waals surface area contributed by atoms with Crippen molar-refractivity contribution in [3.8, 4) is 0 Å². The number of carbonyl (C=O) groups is 1. The van der Waals surface area contributed by atoms with E-state index in [0.717, 1.165) is 57.8 Å². The van der Waals surface area contributed by atoms with Gasteiger partial charge in [-0.05, 0) is 19.3 Å². The molecule has 0 saturated carbocycles. The molecular weight excluding hydrogens is 324 g/mol. The van der Waals surface area contributed by atoms with Gasteiger partial charge in [-0.2, -0.15) is 0 Å². The molecule has 4 nitrogen and oxygen atoms in total. The van der Waals surface area contributed by atoms with Crippen molar-refractivity contribution in [1.29, 1.82) is 0 Å². The van der Waals surface area contributed by atoms with Gasteiger partial charge in [0.1, 0.15) is 9.84 Å². The van der Waals surface area contributed by atoms with Crippen LogP contribution in [0, 0.1) is 0 Å². The second-order valence-corrected chi connectivity index (χ2v) is 9.39. The third-order valence-electron chi connectivity index (χ3n) is 4.65. The highest BCUT2D eigenvalue weighted by Crippen LogP contribution is 2.19. The third-order valence-corrected chi connectivity index (χ3v) is 6.33. The summed E-state index contributed by atoms with van der Waals surface area (Å²) in [5.74, 6) is -0.734. The molecule has 1 N–H and O–H groups in total. The molecular formula is C19H38O4S. The van der Waals surface area contributed by atoms with Crippen molar-refractivity contribution >= 4 is 15.8 Å². The minimum atomic E-state index is -2.95. The second-order valence-electron chi connectivity index (χ2n) is 7.06. The monoisotopic (exact) mass is 362 g/mol. The SMILES string of the molecule is CCCCCCCCCC(CCCCCCCC(=O)O)S(C)(=O)=O. The summed E-state index contributed by atoms with van der Waals surface area (Å²) in [4.78, 5) is 10.4. The normalized spacial score (nSPS) is 13.1. The van der Waals surface area contributed by atoms with Crippen LogP contribution in [0.1, 0.15) is 103 Å². The Morgan fingerprint density at radius 2 is 1.21 bits per heavy atom.